The molecular formula is C14H13FN2O2S. The highest BCUT2D eigenvalue weighted by atomic mass is 32.2. The third-order valence-electron chi connectivity index (χ3n) is 2.65. The lowest BCUT2D eigenvalue weighted by Gasteiger charge is -2.08. The van der Waals surface area contributed by atoms with Crippen molar-refractivity contribution in [3.63, 3.8) is 0 Å². The van der Waals surface area contributed by atoms with Crippen LogP contribution in [0.4, 0.5) is 4.39 Å². The molecule has 0 fully saturated rings. The molecule has 0 unspecified atom stereocenters. The van der Waals surface area contributed by atoms with Crippen LogP contribution >= 0.6 is 11.8 Å². The predicted octanol–water partition coefficient (Wildman–Crippen LogP) is 3.22. The number of aromatic carboxylic acids is 1. The number of benzene rings is 1. The van der Waals surface area contributed by atoms with Crippen LogP contribution in [0.5, 0.6) is 0 Å². The number of hydrogen-bond donors (Lipinski definition) is 1. The molecule has 2 aromatic rings. The quantitative estimate of drug-likeness (QED) is 0.692. The lowest BCUT2D eigenvalue weighted by Crippen LogP contribution is -2.08. The largest absolute Gasteiger partial charge is 0.478 e. The van der Waals surface area contributed by atoms with Gasteiger partial charge in [-0.3, -0.25) is 0 Å². The van der Waals surface area contributed by atoms with E-state index in [9.17, 15) is 14.3 Å². The molecule has 0 atom stereocenters. The van der Waals surface area contributed by atoms with Crippen LogP contribution in [-0.4, -0.2) is 21.0 Å². The van der Waals surface area contributed by atoms with E-state index in [4.69, 9.17) is 0 Å². The molecule has 1 N–H and O–H groups in total. The van der Waals surface area contributed by atoms with Gasteiger partial charge in [-0.15, -0.1) is 11.8 Å². The number of nitrogens with zero attached hydrogens (tertiary/aromatic N) is 2. The zero-order valence-electron chi connectivity index (χ0n) is 11.1. The molecule has 20 heavy (non-hydrogen) atoms. The van der Waals surface area contributed by atoms with Gasteiger partial charge in [-0.05, 0) is 31.5 Å². The Morgan fingerprint density at radius 2 is 2.10 bits per heavy atom. The average molecular weight is 292 g/mol. The zero-order valence-corrected chi connectivity index (χ0v) is 11.9. The standard InChI is InChI=1S/C14H13FN2O2S/c1-8-12(14(18)19)13(17-9(2)16-8)20-7-10-4-3-5-11(15)6-10/h3-6H,7H2,1-2H3,(H,18,19). The van der Waals surface area contributed by atoms with Crippen molar-refractivity contribution in [2.45, 2.75) is 24.6 Å². The highest BCUT2D eigenvalue weighted by Gasteiger charge is 2.17. The number of thioether (sulfide) groups is 1. The third kappa shape index (κ3) is 3.33. The van der Waals surface area contributed by atoms with Crippen LogP contribution < -0.4 is 0 Å². The van der Waals surface area contributed by atoms with E-state index in [1.165, 1.54) is 23.9 Å². The van der Waals surface area contributed by atoms with Gasteiger partial charge in [0.05, 0.1) is 5.69 Å². The Morgan fingerprint density at radius 3 is 2.75 bits per heavy atom. The van der Waals surface area contributed by atoms with E-state index >= 15 is 0 Å². The number of aromatic nitrogens is 2. The van der Waals surface area contributed by atoms with E-state index in [0.717, 1.165) is 5.56 Å². The molecule has 4 nitrogen and oxygen atoms in total. The van der Waals surface area contributed by atoms with Gasteiger partial charge in [0.15, 0.2) is 0 Å². The van der Waals surface area contributed by atoms with Crippen molar-refractivity contribution in [3.8, 4) is 0 Å². The zero-order chi connectivity index (χ0) is 14.7. The second-order valence-electron chi connectivity index (χ2n) is 4.26. The van der Waals surface area contributed by atoms with E-state index in [2.05, 4.69) is 9.97 Å². The molecule has 6 heteroatoms. The molecule has 0 amide bonds. The van der Waals surface area contributed by atoms with Crippen LogP contribution in [0.15, 0.2) is 29.3 Å². The summed E-state index contributed by atoms with van der Waals surface area (Å²) in [5.41, 5.74) is 1.32. The molecule has 1 heterocycles. The number of hydrogen-bond acceptors (Lipinski definition) is 4. The minimum Gasteiger partial charge on any atom is -0.478 e. The summed E-state index contributed by atoms with van der Waals surface area (Å²) in [5.74, 6) is -0.386. The summed E-state index contributed by atoms with van der Waals surface area (Å²) < 4.78 is 13.1. The summed E-state index contributed by atoms with van der Waals surface area (Å²) in [6.45, 7) is 3.36. The van der Waals surface area contributed by atoms with Gasteiger partial charge in [-0.2, -0.15) is 0 Å². The Kier molecular flexibility index (Phi) is 4.34. The molecule has 1 aromatic carbocycles. The van der Waals surface area contributed by atoms with Gasteiger partial charge in [0.25, 0.3) is 0 Å². The topological polar surface area (TPSA) is 63.1 Å². The number of halogens is 1. The number of carbonyl (C=O) groups is 1. The predicted molar refractivity (Wildman–Crippen MR) is 74.4 cm³/mol. The second-order valence-corrected chi connectivity index (χ2v) is 5.22. The Morgan fingerprint density at radius 1 is 1.35 bits per heavy atom. The average Bonchev–Trinajstić information content (AvgIpc) is 2.35. The molecule has 0 aliphatic rings. The summed E-state index contributed by atoms with van der Waals surface area (Å²) in [6, 6.07) is 6.21. The Bertz CT molecular complexity index is 662. The van der Waals surface area contributed by atoms with Gasteiger partial charge in [-0.1, -0.05) is 12.1 Å². The van der Waals surface area contributed by atoms with Crippen molar-refractivity contribution in [3.05, 3.63) is 52.7 Å². The van der Waals surface area contributed by atoms with E-state index in [0.29, 0.717) is 22.3 Å². The van der Waals surface area contributed by atoms with Crippen molar-refractivity contribution >= 4 is 17.7 Å². The van der Waals surface area contributed by atoms with Gasteiger partial charge in [0, 0.05) is 5.75 Å². The van der Waals surface area contributed by atoms with Crippen LogP contribution in [-0.2, 0) is 5.75 Å². The summed E-state index contributed by atoms with van der Waals surface area (Å²) in [4.78, 5) is 19.5. The molecule has 1 aromatic heterocycles. The number of aryl methyl sites for hydroxylation is 2. The molecule has 0 saturated heterocycles. The van der Waals surface area contributed by atoms with Crippen LogP contribution in [0.3, 0.4) is 0 Å². The summed E-state index contributed by atoms with van der Waals surface area (Å²) >= 11 is 1.27. The highest BCUT2D eigenvalue weighted by molar-refractivity contribution is 7.98. The molecule has 0 saturated carbocycles. The monoisotopic (exact) mass is 292 g/mol. The van der Waals surface area contributed by atoms with E-state index in [1.807, 2.05) is 0 Å². The first-order chi connectivity index (χ1) is 9.47. The van der Waals surface area contributed by atoms with E-state index < -0.39 is 5.97 Å². The minimum atomic E-state index is -1.05. The molecule has 0 aliphatic heterocycles. The van der Waals surface area contributed by atoms with Crippen LogP contribution in [0.1, 0.15) is 27.4 Å². The Hall–Kier alpha value is -1.95. The van der Waals surface area contributed by atoms with Gasteiger partial charge < -0.3 is 5.11 Å². The lowest BCUT2D eigenvalue weighted by molar-refractivity contribution is 0.0690. The molecule has 0 bridgehead atoms. The fourth-order valence-corrected chi connectivity index (χ4v) is 2.87. The van der Waals surface area contributed by atoms with Crippen molar-refractivity contribution in [2.75, 3.05) is 0 Å². The first kappa shape index (κ1) is 14.5. The van der Waals surface area contributed by atoms with Crippen molar-refractivity contribution in [2.24, 2.45) is 0 Å². The maximum atomic E-state index is 13.1. The molecule has 0 spiro atoms. The van der Waals surface area contributed by atoms with Gasteiger partial charge in [0.1, 0.15) is 22.2 Å². The summed E-state index contributed by atoms with van der Waals surface area (Å²) in [6.07, 6.45) is 0. The van der Waals surface area contributed by atoms with Crippen LogP contribution in [0.2, 0.25) is 0 Å². The second kappa shape index (κ2) is 6.00. The minimum absolute atomic E-state index is 0.108. The maximum absolute atomic E-state index is 13.1. The van der Waals surface area contributed by atoms with Crippen LogP contribution in [0, 0.1) is 19.7 Å². The van der Waals surface area contributed by atoms with Crippen molar-refractivity contribution in [1.82, 2.24) is 9.97 Å². The summed E-state index contributed by atoms with van der Waals surface area (Å²) in [7, 11) is 0. The Labute approximate surface area is 120 Å². The number of rotatable bonds is 4. The number of carboxylic acid groups (broad SMARTS) is 1. The Balaban J connectivity index is 2.27. The molecule has 2 rings (SSSR count). The fraction of sp³-hybridized carbons (Fsp3) is 0.214. The molecule has 0 radical (unpaired) electrons. The first-order valence-electron chi connectivity index (χ1n) is 5.93. The van der Waals surface area contributed by atoms with Gasteiger partial charge >= 0.3 is 5.97 Å². The summed E-state index contributed by atoms with van der Waals surface area (Å²) in [5, 5.41) is 9.63. The highest BCUT2D eigenvalue weighted by Crippen LogP contribution is 2.26. The smallest absolute Gasteiger partial charge is 0.340 e. The fourth-order valence-electron chi connectivity index (χ4n) is 1.81. The van der Waals surface area contributed by atoms with Crippen molar-refractivity contribution in [1.29, 1.82) is 0 Å². The lowest BCUT2D eigenvalue weighted by atomic mass is 10.2. The van der Waals surface area contributed by atoms with E-state index in [-0.39, 0.29) is 11.4 Å². The van der Waals surface area contributed by atoms with Crippen molar-refractivity contribution < 1.29 is 14.3 Å². The first-order valence-corrected chi connectivity index (χ1v) is 6.91. The SMILES string of the molecule is Cc1nc(C)c(C(=O)O)c(SCc2cccc(F)c2)n1. The van der Waals surface area contributed by atoms with E-state index in [1.54, 1.807) is 26.0 Å². The molecule has 104 valence electrons. The van der Waals surface area contributed by atoms with Gasteiger partial charge in [-0.25, -0.2) is 19.2 Å². The van der Waals surface area contributed by atoms with Gasteiger partial charge in [0.2, 0.25) is 0 Å². The normalized spacial score (nSPS) is 10.6. The maximum Gasteiger partial charge on any atom is 0.340 e. The number of carboxylic acids is 1. The third-order valence-corrected chi connectivity index (χ3v) is 3.69. The molecule has 0 aliphatic carbocycles. The van der Waals surface area contributed by atoms with Crippen LogP contribution in [0.25, 0.3) is 0 Å². The molecular weight excluding hydrogens is 279 g/mol.